The summed E-state index contributed by atoms with van der Waals surface area (Å²) < 4.78 is 9.55. The SMILES string of the molecule is CC(C)n1ncnc1COc1c(Br)cc(CBr)cc1Br. The van der Waals surface area contributed by atoms with Crippen molar-refractivity contribution < 1.29 is 4.74 Å². The molecule has 0 spiro atoms. The molecular formula is C13H14Br3N3O. The van der Waals surface area contributed by atoms with Gasteiger partial charge >= 0.3 is 0 Å². The van der Waals surface area contributed by atoms with E-state index in [0.717, 1.165) is 25.8 Å². The van der Waals surface area contributed by atoms with Crippen LogP contribution in [-0.2, 0) is 11.9 Å². The van der Waals surface area contributed by atoms with E-state index in [0.29, 0.717) is 6.61 Å². The average molecular weight is 468 g/mol. The van der Waals surface area contributed by atoms with Gasteiger partial charge in [0.2, 0.25) is 0 Å². The Morgan fingerprint density at radius 2 is 1.90 bits per heavy atom. The molecule has 4 nitrogen and oxygen atoms in total. The van der Waals surface area contributed by atoms with Crippen molar-refractivity contribution in [1.82, 2.24) is 14.8 Å². The highest BCUT2D eigenvalue weighted by Crippen LogP contribution is 2.35. The second kappa shape index (κ2) is 7.04. The van der Waals surface area contributed by atoms with Crippen molar-refractivity contribution in [2.45, 2.75) is 31.8 Å². The monoisotopic (exact) mass is 465 g/mol. The van der Waals surface area contributed by atoms with Crippen molar-refractivity contribution >= 4 is 47.8 Å². The van der Waals surface area contributed by atoms with Crippen LogP contribution in [0.25, 0.3) is 0 Å². The van der Waals surface area contributed by atoms with Gasteiger partial charge in [-0.05, 0) is 63.4 Å². The predicted molar refractivity (Wildman–Crippen MR) is 89.2 cm³/mol. The van der Waals surface area contributed by atoms with Crippen molar-refractivity contribution in [1.29, 1.82) is 0 Å². The molecule has 0 radical (unpaired) electrons. The summed E-state index contributed by atoms with van der Waals surface area (Å²) >= 11 is 10.5. The standard InChI is InChI=1S/C13H14Br3N3O/c1-8(2)19-12(17-7-18-19)6-20-13-10(15)3-9(5-14)4-11(13)16/h3-4,7-8H,5-6H2,1-2H3. The quantitative estimate of drug-likeness (QED) is 0.590. The lowest BCUT2D eigenvalue weighted by Gasteiger charge is -2.13. The van der Waals surface area contributed by atoms with E-state index in [-0.39, 0.29) is 6.04 Å². The minimum atomic E-state index is 0.263. The predicted octanol–water partition coefficient (Wildman–Crippen LogP) is 4.86. The zero-order valence-corrected chi connectivity index (χ0v) is 15.9. The summed E-state index contributed by atoms with van der Waals surface area (Å²) in [5.41, 5.74) is 1.17. The molecule has 1 heterocycles. The summed E-state index contributed by atoms with van der Waals surface area (Å²) in [6.07, 6.45) is 1.55. The third-order valence-corrected chi connectivity index (χ3v) is 4.52. The van der Waals surface area contributed by atoms with Crippen LogP contribution in [0.15, 0.2) is 27.4 Å². The molecule has 0 atom stereocenters. The Morgan fingerprint density at radius 3 is 2.45 bits per heavy atom. The Morgan fingerprint density at radius 1 is 1.25 bits per heavy atom. The van der Waals surface area contributed by atoms with Gasteiger partial charge in [-0.3, -0.25) is 0 Å². The minimum Gasteiger partial charge on any atom is -0.483 e. The van der Waals surface area contributed by atoms with Crippen LogP contribution in [0, 0.1) is 0 Å². The van der Waals surface area contributed by atoms with Crippen LogP contribution in [0.3, 0.4) is 0 Å². The maximum Gasteiger partial charge on any atom is 0.165 e. The van der Waals surface area contributed by atoms with Crippen LogP contribution in [0.4, 0.5) is 0 Å². The number of hydrogen-bond donors (Lipinski definition) is 0. The van der Waals surface area contributed by atoms with Gasteiger partial charge < -0.3 is 4.74 Å². The van der Waals surface area contributed by atoms with Gasteiger partial charge in [-0.25, -0.2) is 9.67 Å². The molecule has 2 rings (SSSR count). The molecule has 2 aromatic rings. The number of benzene rings is 1. The molecular weight excluding hydrogens is 454 g/mol. The molecule has 0 bridgehead atoms. The van der Waals surface area contributed by atoms with Gasteiger partial charge in [-0.15, -0.1) is 0 Å². The Bertz CT molecular complexity index is 575. The molecule has 0 amide bonds. The highest BCUT2D eigenvalue weighted by molar-refractivity contribution is 9.11. The van der Waals surface area contributed by atoms with E-state index >= 15 is 0 Å². The molecule has 0 saturated heterocycles. The molecule has 1 aromatic carbocycles. The number of ether oxygens (including phenoxy) is 1. The smallest absolute Gasteiger partial charge is 0.165 e. The molecule has 0 N–H and O–H groups in total. The lowest BCUT2D eigenvalue weighted by molar-refractivity contribution is 0.279. The first-order valence-electron chi connectivity index (χ1n) is 6.08. The lowest BCUT2D eigenvalue weighted by Crippen LogP contribution is -2.11. The fourth-order valence-corrected chi connectivity index (χ4v) is 3.61. The summed E-state index contributed by atoms with van der Waals surface area (Å²) in [7, 11) is 0. The third kappa shape index (κ3) is 3.62. The van der Waals surface area contributed by atoms with Gasteiger partial charge in [0.1, 0.15) is 18.7 Å². The van der Waals surface area contributed by atoms with Crippen molar-refractivity contribution in [3.63, 3.8) is 0 Å². The van der Waals surface area contributed by atoms with Crippen molar-refractivity contribution in [3.05, 3.63) is 38.8 Å². The summed E-state index contributed by atoms with van der Waals surface area (Å²) in [4.78, 5) is 4.23. The zero-order valence-electron chi connectivity index (χ0n) is 11.1. The van der Waals surface area contributed by atoms with Crippen LogP contribution in [-0.4, -0.2) is 14.8 Å². The highest BCUT2D eigenvalue weighted by Gasteiger charge is 2.12. The van der Waals surface area contributed by atoms with E-state index in [2.05, 4.69) is 71.7 Å². The fourth-order valence-electron chi connectivity index (χ4n) is 1.77. The summed E-state index contributed by atoms with van der Waals surface area (Å²) in [6, 6.07) is 4.32. The molecule has 0 saturated carbocycles. The van der Waals surface area contributed by atoms with Gasteiger partial charge in [0.25, 0.3) is 0 Å². The zero-order chi connectivity index (χ0) is 14.7. The summed E-state index contributed by atoms with van der Waals surface area (Å²) in [5.74, 6) is 1.58. The van der Waals surface area contributed by atoms with Crippen LogP contribution in [0.5, 0.6) is 5.75 Å². The van der Waals surface area contributed by atoms with Gasteiger partial charge in [0.05, 0.1) is 8.95 Å². The molecule has 1 aromatic heterocycles. The Balaban J connectivity index is 2.17. The van der Waals surface area contributed by atoms with Crippen LogP contribution < -0.4 is 4.74 Å². The van der Waals surface area contributed by atoms with Gasteiger partial charge in [-0.2, -0.15) is 5.10 Å². The number of hydrogen-bond acceptors (Lipinski definition) is 3. The molecule has 20 heavy (non-hydrogen) atoms. The van der Waals surface area contributed by atoms with Crippen LogP contribution in [0.1, 0.15) is 31.3 Å². The largest absolute Gasteiger partial charge is 0.483 e. The summed E-state index contributed by atoms with van der Waals surface area (Å²) in [6.45, 7) is 4.51. The molecule has 0 aliphatic carbocycles. The Kier molecular flexibility index (Phi) is 5.63. The van der Waals surface area contributed by atoms with E-state index in [1.165, 1.54) is 5.56 Å². The van der Waals surface area contributed by atoms with Crippen LogP contribution in [0.2, 0.25) is 0 Å². The van der Waals surface area contributed by atoms with E-state index in [9.17, 15) is 0 Å². The first-order valence-corrected chi connectivity index (χ1v) is 8.78. The van der Waals surface area contributed by atoms with Gasteiger partial charge in [0, 0.05) is 11.4 Å². The normalized spacial score (nSPS) is 11.1. The third-order valence-electron chi connectivity index (χ3n) is 2.69. The maximum atomic E-state index is 5.87. The molecule has 108 valence electrons. The fraction of sp³-hybridized carbons (Fsp3) is 0.385. The maximum absolute atomic E-state index is 5.87. The van der Waals surface area contributed by atoms with Crippen molar-refractivity contribution in [2.24, 2.45) is 0 Å². The first-order chi connectivity index (χ1) is 9.52. The molecule has 0 unspecified atom stereocenters. The highest BCUT2D eigenvalue weighted by atomic mass is 79.9. The second-order valence-corrected chi connectivity index (χ2v) is 6.79. The molecule has 0 fully saturated rings. The minimum absolute atomic E-state index is 0.263. The van der Waals surface area contributed by atoms with E-state index < -0.39 is 0 Å². The number of alkyl halides is 1. The second-order valence-electron chi connectivity index (χ2n) is 4.53. The number of aromatic nitrogens is 3. The number of halogens is 3. The Hall–Kier alpha value is -0.400. The van der Waals surface area contributed by atoms with E-state index in [1.807, 2.05) is 16.8 Å². The molecule has 0 aliphatic heterocycles. The number of nitrogens with zero attached hydrogens (tertiary/aromatic N) is 3. The van der Waals surface area contributed by atoms with Gasteiger partial charge in [-0.1, -0.05) is 15.9 Å². The molecule has 7 heteroatoms. The lowest BCUT2D eigenvalue weighted by atomic mass is 10.2. The number of rotatable bonds is 5. The topological polar surface area (TPSA) is 39.9 Å². The first kappa shape index (κ1) is 16.0. The van der Waals surface area contributed by atoms with Crippen LogP contribution >= 0.6 is 47.8 Å². The average Bonchev–Trinajstić information content (AvgIpc) is 2.86. The van der Waals surface area contributed by atoms with Gasteiger partial charge in [0.15, 0.2) is 5.82 Å². The molecule has 0 aliphatic rings. The van der Waals surface area contributed by atoms with Crippen molar-refractivity contribution in [2.75, 3.05) is 0 Å². The van der Waals surface area contributed by atoms with Crippen molar-refractivity contribution in [3.8, 4) is 5.75 Å². The summed E-state index contributed by atoms with van der Waals surface area (Å²) in [5, 5.41) is 4.99. The van der Waals surface area contributed by atoms with E-state index in [1.54, 1.807) is 6.33 Å². The van der Waals surface area contributed by atoms with E-state index in [4.69, 9.17) is 4.74 Å². The Labute approximate surface area is 143 Å².